The van der Waals surface area contributed by atoms with E-state index >= 15 is 0 Å². The van der Waals surface area contributed by atoms with Crippen LogP contribution in [0.15, 0.2) is 60.8 Å². The van der Waals surface area contributed by atoms with Gasteiger partial charge in [0.15, 0.2) is 6.10 Å². The summed E-state index contributed by atoms with van der Waals surface area (Å²) in [5.41, 5.74) is 0. The highest BCUT2D eigenvalue weighted by molar-refractivity contribution is 5.71. The van der Waals surface area contributed by atoms with Gasteiger partial charge in [0, 0.05) is 19.3 Å². The third-order valence-electron chi connectivity index (χ3n) is 12.5. The number of carbonyl (C=O) groups is 3. The third-order valence-corrected chi connectivity index (χ3v) is 12.5. The van der Waals surface area contributed by atoms with Crippen LogP contribution in [-0.4, -0.2) is 37.2 Å². The van der Waals surface area contributed by atoms with Gasteiger partial charge >= 0.3 is 17.9 Å². The van der Waals surface area contributed by atoms with E-state index in [1.807, 2.05) is 0 Å². The SMILES string of the molecule is CC/C=C\C/C=C\C/C=C\CCCCCCCCCCCC(=O)OCC(COC(=O)CCCCCCCCCCCCCCC)OC(=O)CCCCCCCCC/C=C\C/C=C\CCCCC. The second kappa shape index (κ2) is 55.7. The molecule has 0 heterocycles. The van der Waals surface area contributed by atoms with Crippen molar-refractivity contribution in [3.63, 3.8) is 0 Å². The van der Waals surface area contributed by atoms with Crippen LogP contribution in [0, 0.1) is 0 Å². The van der Waals surface area contributed by atoms with Gasteiger partial charge in [0.2, 0.25) is 0 Å². The first-order valence-corrected chi connectivity index (χ1v) is 28.8. The molecule has 0 saturated heterocycles. The number of hydrogen-bond donors (Lipinski definition) is 0. The molecule has 0 amide bonds. The van der Waals surface area contributed by atoms with Gasteiger partial charge in [0.25, 0.3) is 0 Å². The van der Waals surface area contributed by atoms with Crippen molar-refractivity contribution in [3.05, 3.63) is 60.8 Å². The Morgan fingerprint density at radius 2 is 0.582 bits per heavy atom. The van der Waals surface area contributed by atoms with E-state index in [0.717, 1.165) is 89.9 Å². The minimum Gasteiger partial charge on any atom is -0.462 e. The van der Waals surface area contributed by atoms with Crippen LogP contribution in [0.2, 0.25) is 0 Å². The topological polar surface area (TPSA) is 78.9 Å². The summed E-state index contributed by atoms with van der Waals surface area (Å²) in [6, 6.07) is 0. The van der Waals surface area contributed by atoms with Crippen molar-refractivity contribution in [2.24, 2.45) is 0 Å². The molecule has 67 heavy (non-hydrogen) atoms. The van der Waals surface area contributed by atoms with Crippen molar-refractivity contribution in [2.75, 3.05) is 13.2 Å². The van der Waals surface area contributed by atoms with E-state index in [9.17, 15) is 14.4 Å². The first kappa shape index (κ1) is 64.1. The predicted molar refractivity (Wildman–Crippen MR) is 288 cm³/mol. The number of allylic oxidation sites excluding steroid dienone is 10. The average molecular weight is 938 g/mol. The first-order valence-electron chi connectivity index (χ1n) is 28.8. The molecule has 0 saturated carbocycles. The largest absolute Gasteiger partial charge is 0.462 e. The van der Waals surface area contributed by atoms with E-state index in [1.54, 1.807) is 0 Å². The zero-order valence-corrected chi connectivity index (χ0v) is 44.4. The molecule has 6 nitrogen and oxygen atoms in total. The van der Waals surface area contributed by atoms with Crippen molar-refractivity contribution < 1.29 is 28.6 Å². The average Bonchev–Trinajstić information content (AvgIpc) is 3.33. The van der Waals surface area contributed by atoms with Gasteiger partial charge in [-0.15, -0.1) is 0 Å². The fraction of sp³-hybridized carbons (Fsp3) is 0.787. The second-order valence-corrected chi connectivity index (χ2v) is 19.2. The molecule has 0 spiro atoms. The highest BCUT2D eigenvalue weighted by atomic mass is 16.6. The van der Waals surface area contributed by atoms with Gasteiger partial charge in [0.1, 0.15) is 13.2 Å². The number of hydrogen-bond acceptors (Lipinski definition) is 6. The molecule has 0 radical (unpaired) electrons. The predicted octanol–water partition coefficient (Wildman–Crippen LogP) is 19.2. The molecule has 0 aliphatic carbocycles. The highest BCUT2D eigenvalue weighted by Crippen LogP contribution is 2.16. The summed E-state index contributed by atoms with van der Waals surface area (Å²) in [4.78, 5) is 38.1. The van der Waals surface area contributed by atoms with E-state index in [4.69, 9.17) is 14.2 Å². The van der Waals surface area contributed by atoms with Crippen LogP contribution in [0.4, 0.5) is 0 Å². The van der Waals surface area contributed by atoms with E-state index < -0.39 is 6.10 Å². The van der Waals surface area contributed by atoms with Crippen molar-refractivity contribution in [1.29, 1.82) is 0 Å². The van der Waals surface area contributed by atoms with Crippen LogP contribution in [0.5, 0.6) is 0 Å². The molecule has 0 aromatic carbocycles. The minimum atomic E-state index is -0.779. The van der Waals surface area contributed by atoms with Gasteiger partial charge in [-0.3, -0.25) is 14.4 Å². The Morgan fingerprint density at radius 1 is 0.313 bits per heavy atom. The first-order chi connectivity index (χ1) is 33.0. The molecule has 1 unspecified atom stereocenters. The Morgan fingerprint density at radius 3 is 0.940 bits per heavy atom. The normalized spacial score (nSPS) is 12.5. The maximum absolute atomic E-state index is 12.9. The molecule has 6 heteroatoms. The molecule has 1 atom stereocenters. The standard InChI is InChI=1S/C61H108O6/c1-4-7-10-13-16-19-22-25-27-29-30-32-33-36-39-42-45-48-51-54-60(63)66-57-58(56-65-59(62)53-50-47-44-41-38-35-24-21-18-15-12-9-6-3)67-61(64)55-52-49-46-43-40-37-34-31-28-26-23-20-17-14-11-8-5-2/h7,10,16-17,19-20,25-28,58H,4-6,8-9,11-15,18,21-24,29-57H2,1-3H3/b10-7-,19-16-,20-17-,27-25-,28-26-. The lowest BCUT2D eigenvalue weighted by molar-refractivity contribution is -0.167. The van der Waals surface area contributed by atoms with E-state index in [0.29, 0.717) is 19.3 Å². The lowest BCUT2D eigenvalue weighted by Crippen LogP contribution is -2.30. The van der Waals surface area contributed by atoms with Crippen LogP contribution < -0.4 is 0 Å². The second-order valence-electron chi connectivity index (χ2n) is 19.2. The lowest BCUT2D eigenvalue weighted by Gasteiger charge is -2.18. The zero-order chi connectivity index (χ0) is 48.6. The molecular formula is C61H108O6. The van der Waals surface area contributed by atoms with Crippen molar-refractivity contribution in [1.82, 2.24) is 0 Å². The summed E-state index contributed by atoms with van der Waals surface area (Å²) >= 11 is 0. The minimum absolute atomic E-state index is 0.0764. The fourth-order valence-electron chi connectivity index (χ4n) is 8.19. The maximum atomic E-state index is 12.9. The molecule has 0 aliphatic heterocycles. The van der Waals surface area contributed by atoms with Gasteiger partial charge in [-0.25, -0.2) is 0 Å². The van der Waals surface area contributed by atoms with Crippen molar-refractivity contribution >= 4 is 17.9 Å². The third kappa shape index (κ3) is 53.9. The van der Waals surface area contributed by atoms with Gasteiger partial charge < -0.3 is 14.2 Å². The van der Waals surface area contributed by atoms with Crippen LogP contribution >= 0.6 is 0 Å². The molecular weight excluding hydrogens is 829 g/mol. The molecule has 0 N–H and O–H groups in total. The summed E-state index contributed by atoms with van der Waals surface area (Å²) in [6.45, 7) is 6.52. The monoisotopic (exact) mass is 937 g/mol. The molecule has 388 valence electrons. The van der Waals surface area contributed by atoms with E-state index in [-0.39, 0.29) is 31.1 Å². The number of ether oxygens (including phenoxy) is 3. The Hall–Kier alpha value is -2.89. The molecule has 0 bridgehead atoms. The molecule has 0 aromatic heterocycles. The van der Waals surface area contributed by atoms with Crippen molar-refractivity contribution in [3.8, 4) is 0 Å². The number of unbranched alkanes of at least 4 members (excludes halogenated alkanes) is 31. The van der Waals surface area contributed by atoms with Gasteiger partial charge in [-0.05, 0) is 83.5 Å². The summed E-state index contributed by atoms with van der Waals surface area (Å²) in [5.74, 6) is -0.878. The Balaban J connectivity index is 4.36. The van der Waals surface area contributed by atoms with Crippen LogP contribution in [-0.2, 0) is 28.6 Å². The maximum Gasteiger partial charge on any atom is 0.306 e. The van der Waals surface area contributed by atoms with Crippen LogP contribution in [0.25, 0.3) is 0 Å². The van der Waals surface area contributed by atoms with Crippen LogP contribution in [0.3, 0.4) is 0 Å². The molecule has 0 aromatic rings. The molecule has 0 aliphatic rings. The molecule has 0 fully saturated rings. The van der Waals surface area contributed by atoms with Gasteiger partial charge in [-0.1, -0.05) is 248 Å². The Kier molecular flexibility index (Phi) is 53.3. The van der Waals surface area contributed by atoms with Gasteiger partial charge in [0.05, 0.1) is 0 Å². The molecule has 0 rings (SSSR count). The van der Waals surface area contributed by atoms with E-state index in [1.165, 1.54) is 161 Å². The summed E-state index contributed by atoms with van der Waals surface area (Å²) in [5, 5.41) is 0. The zero-order valence-electron chi connectivity index (χ0n) is 44.4. The summed E-state index contributed by atoms with van der Waals surface area (Å²) in [6.07, 6.45) is 69.2. The summed E-state index contributed by atoms with van der Waals surface area (Å²) in [7, 11) is 0. The van der Waals surface area contributed by atoms with E-state index in [2.05, 4.69) is 81.5 Å². The highest BCUT2D eigenvalue weighted by Gasteiger charge is 2.19. The summed E-state index contributed by atoms with van der Waals surface area (Å²) < 4.78 is 16.9. The smallest absolute Gasteiger partial charge is 0.306 e. The number of carbonyl (C=O) groups excluding carboxylic acids is 3. The number of esters is 3. The Labute approximate surface area is 415 Å². The fourth-order valence-corrected chi connectivity index (χ4v) is 8.19. The number of rotatable bonds is 52. The quantitative estimate of drug-likeness (QED) is 0.0262. The van der Waals surface area contributed by atoms with Crippen LogP contribution in [0.1, 0.15) is 290 Å². The lowest BCUT2D eigenvalue weighted by atomic mass is 10.0. The Bertz CT molecular complexity index is 1210. The van der Waals surface area contributed by atoms with Crippen molar-refractivity contribution in [2.45, 2.75) is 297 Å². The van der Waals surface area contributed by atoms with Gasteiger partial charge in [-0.2, -0.15) is 0 Å².